The van der Waals surface area contributed by atoms with Crippen LogP contribution in [0.4, 0.5) is 5.00 Å². The van der Waals surface area contributed by atoms with Crippen molar-refractivity contribution >= 4 is 38.2 Å². The lowest BCUT2D eigenvalue weighted by Crippen LogP contribution is -2.40. The molecule has 2 aliphatic heterocycles. The Kier molecular flexibility index (Phi) is 9.59. The van der Waals surface area contributed by atoms with Crippen LogP contribution < -0.4 is 5.32 Å². The number of morpholine rings is 1. The fourth-order valence-corrected chi connectivity index (χ4v) is 7.63. The summed E-state index contributed by atoms with van der Waals surface area (Å²) in [7, 11) is -3.64. The van der Waals surface area contributed by atoms with Crippen LogP contribution in [0.3, 0.4) is 0 Å². The number of carbonyl (C=O) groups excluding carboxylic acids is 2. The maximum atomic E-state index is 13.7. The van der Waals surface area contributed by atoms with E-state index in [9.17, 15) is 18.0 Å². The van der Waals surface area contributed by atoms with Crippen LogP contribution in [0, 0.1) is 0 Å². The summed E-state index contributed by atoms with van der Waals surface area (Å²) in [6.45, 7) is 11.5. The first-order valence-corrected chi connectivity index (χ1v) is 15.7. The van der Waals surface area contributed by atoms with Gasteiger partial charge in [-0.05, 0) is 55.6 Å². The molecular weight excluding hydrogens is 524 g/mol. The zero-order valence-corrected chi connectivity index (χ0v) is 24.1. The number of hydrogen-bond donors (Lipinski definition) is 1. The quantitative estimate of drug-likeness (QED) is 0.475. The molecular formula is C27H38N4O5S2. The number of hydrogen-bond acceptors (Lipinski definition) is 7. The van der Waals surface area contributed by atoms with E-state index in [4.69, 9.17) is 4.74 Å². The van der Waals surface area contributed by atoms with Gasteiger partial charge in [-0.3, -0.25) is 14.5 Å². The molecule has 1 N–H and O–H groups in total. The third-order valence-corrected chi connectivity index (χ3v) is 10.1. The molecule has 1 fully saturated rings. The molecule has 0 atom stereocenters. The molecule has 0 aliphatic carbocycles. The molecule has 38 heavy (non-hydrogen) atoms. The zero-order chi connectivity index (χ0) is 27.3. The summed E-state index contributed by atoms with van der Waals surface area (Å²) in [5.74, 6) is -0.392. The average Bonchev–Trinajstić information content (AvgIpc) is 3.29. The minimum atomic E-state index is -3.64. The molecule has 1 aromatic carbocycles. The molecule has 208 valence electrons. The van der Waals surface area contributed by atoms with Crippen LogP contribution in [0.5, 0.6) is 0 Å². The van der Waals surface area contributed by atoms with Crippen LogP contribution in [-0.2, 0) is 27.7 Å². The van der Waals surface area contributed by atoms with E-state index in [1.807, 2.05) is 4.90 Å². The van der Waals surface area contributed by atoms with Gasteiger partial charge in [0.1, 0.15) is 5.00 Å². The minimum Gasteiger partial charge on any atom is -0.379 e. The number of likely N-dealkylation sites (N-methyl/N-ethyl adjacent to an activating group) is 1. The van der Waals surface area contributed by atoms with Gasteiger partial charge >= 0.3 is 0 Å². The molecule has 11 heteroatoms. The number of benzene rings is 1. The zero-order valence-electron chi connectivity index (χ0n) is 22.5. The number of rotatable bonds is 10. The summed E-state index contributed by atoms with van der Waals surface area (Å²) in [6, 6.07) is 5.98. The number of fused-ring (bicyclic) bond motifs is 1. The molecule has 0 bridgehead atoms. The van der Waals surface area contributed by atoms with Crippen molar-refractivity contribution in [3.05, 3.63) is 45.8 Å². The van der Waals surface area contributed by atoms with Crippen molar-refractivity contribution < 1.29 is 22.7 Å². The highest BCUT2D eigenvalue weighted by molar-refractivity contribution is 7.89. The lowest BCUT2D eigenvalue weighted by molar-refractivity contribution is 0.0730. The highest BCUT2D eigenvalue weighted by atomic mass is 32.2. The second-order valence-electron chi connectivity index (χ2n) is 9.61. The number of amides is 2. The second-order valence-corrected chi connectivity index (χ2v) is 12.7. The molecule has 4 rings (SSSR count). The molecule has 0 unspecified atom stereocenters. The molecule has 2 aliphatic rings. The summed E-state index contributed by atoms with van der Waals surface area (Å²) in [5.41, 5.74) is 2.00. The number of ether oxygens (including phenoxy) is 1. The van der Waals surface area contributed by atoms with Gasteiger partial charge in [0.15, 0.2) is 0 Å². The van der Waals surface area contributed by atoms with Gasteiger partial charge in [0.2, 0.25) is 10.0 Å². The van der Waals surface area contributed by atoms with Gasteiger partial charge in [0, 0.05) is 49.7 Å². The molecule has 1 aromatic heterocycles. The van der Waals surface area contributed by atoms with E-state index in [1.54, 1.807) is 0 Å². The summed E-state index contributed by atoms with van der Waals surface area (Å²) in [4.78, 5) is 32.5. The first kappa shape index (κ1) is 28.7. The highest BCUT2D eigenvalue weighted by Crippen LogP contribution is 2.38. The molecule has 1 saturated heterocycles. The molecule has 0 radical (unpaired) electrons. The van der Waals surface area contributed by atoms with Gasteiger partial charge in [0.25, 0.3) is 11.8 Å². The van der Waals surface area contributed by atoms with E-state index < -0.39 is 10.0 Å². The van der Waals surface area contributed by atoms with Crippen molar-refractivity contribution in [3.8, 4) is 0 Å². The van der Waals surface area contributed by atoms with Crippen molar-refractivity contribution in [2.24, 2.45) is 0 Å². The van der Waals surface area contributed by atoms with Crippen molar-refractivity contribution in [1.82, 2.24) is 14.1 Å². The number of anilines is 1. The summed E-state index contributed by atoms with van der Waals surface area (Å²) < 4.78 is 32.5. The lowest BCUT2D eigenvalue weighted by Gasteiger charge is -2.27. The van der Waals surface area contributed by atoms with Crippen molar-refractivity contribution in [2.45, 2.75) is 51.5 Å². The first-order chi connectivity index (χ1) is 18.3. The van der Waals surface area contributed by atoms with Crippen LogP contribution in [0.25, 0.3) is 0 Å². The van der Waals surface area contributed by atoms with E-state index in [-0.39, 0.29) is 16.7 Å². The Labute approximate surface area is 229 Å². The Hall–Kier alpha value is -2.31. The van der Waals surface area contributed by atoms with E-state index in [1.165, 1.54) is 39.9 Å². The normalized spacial score (nSPS) is 16.7. The smallest absolute Gasteiger partial charge is 0.257 e. The fraction of sp³-hybridized carbons (Fsp3) is 0.556. The van der Waals surface area contributed by atoms with Gasteiger partial charge < -0.3 is 15.0 Å². The summed E-state index contributed by atoms with van der Waals surface area (Å²) in [5, 5.41) is 3.57. The number of nitrogens with zero attached hydrogens (tertiary/aromatic N) is 3. The monoisotopic (exact) mass is 562 g/mol. The van der Waals surface area contributed by atoms with Gasteiger partial charge in [-0.1, -0.05) is 20.8 Å². The van der Waals surface area contributed by atoms with Crippen LogP contribution >= 0.6 is 11.3 Å². The summed E-state index contributed by atoms with van der Waals surface area (Å²) in [6.07, 6.45) is 2.50. The standard InChI is InChI=1S/C27H38N4O5S2/c1-4-12-30(13-5-2)27(33)24-22-11-14-29(6-3)19-23(22)37-26(24)28-25(32)20-7-9-21(10-8-20)38(34,35)31-15-17-36-18-16-31/h7-10H,4-6,11-19H2,1-3H3,(H,28,32). The fourth-order valence-electron chi connectivity index (χ4n) is 4.94. The van der Waals surface area contributed by atoms with E-state index >= 15 is 0 Å². The van der Waals surface area contributed by atoms with Gasteiger partial charge in [-0.25, -0.2) is 8.42 Å². The van der Waals surface area contributed by atoms with Crippen molar-refractivity contribution in [2.75, 3.05) is 57.8 Å². The van der Waals surface area contributed by atoms with E-state index in [0.717, 1.165) is 49.3 Å². The molecule has 0 saturated carbocycles. The number of carbonyl (C=O) groups is 2. The van der Waals surface area contributed by atoms with Crippen LogP contribution in [0.15, 0.2) is 29.2 Å². The first-order valence-electron chi connectivity index (χ1n) is 13.5. The molecule has 0 spiro atoms. The third-order valence-electron chi connectivity index (χ3n) is 7.02. The Morgan fingerprint density at radius 3 is 2.29 bits per heavy atom. The third kappa shape index (κ3) is 6.12. The van der Waals surface area contributed by atoms with Gasteiger partial charge in [0.05, 0.1) is 23.7 Å². The topological polar surface area (TPSA) is 99.3 Å². The van der Waals surface area contributed by atoms with E-state index in [0.29, 0.717) is 55.5 Å². The number of nitrogens with one attached hydrogen (secondary N) is 1. The summed E-state index contributed by atoms with van der Waals surface area (Å²) >= 11 is 1.48. The second kappa shape index (κ2) is 12.7. The average molecular weight is 563 g/mol. The lowest BCUT2D eigenvalue weighted by atomic mass is 10.0. The maximum absolute atomic E-state index is 13.7. The Morgan fingerprint density at radius 2 is 1.68 bits per heavy atom. The van der Waals surface area contributed by atoms with Crippen LogP contribution in [0.1, 0.15) is 64.8 Å². The van der Waals surface area contributed by atoms with Gasteiger partial charge in [-0.15, -0.1) is 11.3 Å². The molecule has 2 aromatic rings. The SMILES string of the molecule is CCCN(CCC)C(=O)c1c(NC(=O)c2ccc(S(=O)(=O)N3CCOCC3)cc2)sc2c1CCN(CC)C2. The number of sulfonamides is 1. The van der Waals surface area contributed by atoms with Crippen LogP contribution in [0.2, 0.25) is 0 Å². The molecule has 3 heterocycles. The maximum Gasteiger partial charge on any atom is 0.257 e. The Balaban J connectivity index is 1.59. The largest absolute Gasteiger partial charge is 0.379 e. The Bertz CT molecular complexity index is 1230. The predicted octanol–water partition coefficient (Wildman–Crippen LogP) is 3.66. The highest BCUT2D eigenvalue weighted by Gasteiger charge is 2.31. The molecule has 9 nitrogen and oxygen atoms in total. The molecule has 2 amide bonds. The van der Waals surface area contributed by atoms with Gasteiger partial charge in [-0.2, -0.15) is 4.31 Å². The van der Waals surface area contributed by atoms with Crippen molar-refractivity contribution in [3.63, 3.8) is 0 Å². The van der Waals surface area contributed by atoms with Crippen molar-refractivity contribution in [1.29, 1.82) is 0 Å². The number of thiophene rings is 1. The Morgan fingerprint density at radius 1 is 1.03 bits per heavy atom. The predicted molar refractivity (Wildman–Crippen MR) is 149 cm³/mol. The van der Waals surface area contributed by atoms with E-state index in [2.05, 4.69) is 31.0 Å². The van der Waals surface area contributed by atoms with Crippen LogP contribution in [-0.4, -0.2) is 86.8 Å². The minimum absolute atomic E-state index is 0.0293.